The lowest BCUT2D eigenvalue weighted by Crippen LogP contribution is -2.49. The SMILES string of the molecule is CCCCCCCC1CC2(C1)CC(C1CCC(c3cc(F)c(F)c(F)c3)CC1)C2. The van der Waals surface area contributed by atoms with E-state index in [4.69, 9.17) is 0 Å². The summed E-state index contributed by atoms with van der Waals surface area (Å²) in [6.07, 6.45) is 18.5. The summed E-state index contributed by atoms with van der Waals surface area (Å²) >= 11 is 0. The maximum absolute atomic E-state index is 13.5. The van der Waals surface area contributed by atoms with Crippen LogP contribution >= 0.6 is 0 Å². The Labute approximate surface area is 174 Å². The lowest BCUT2D eigenvalue weighted by molar-refractivity contribution is -0.0949. The molecule has 3 fully saturated rings. The second kappa shape index (κ2) is 9.02. The molecule has 3 aliphatic carbocycles. The van der Waals surface area contributed by atoms with Crippen LogP contribution < -0.4 is 0 Å². The maximum Gasteiger partial charge on any atom is 0.194 e. The minimum atomic E-state index is -1.35. The van der Waals surface area contributed by atoms with Crippen molar-refractivity contribution in [1.82, 2.24) is 0 Å². The molecule has 1 aromatic rings. The zero-order valence-corrected chi connectivity index (χ0v) is 18.0. The highest BCUT2D eigenvalue weighted by molar-refractivity contribution is 5.23. The van der Waals surface area contributed by atoms with Crippen molar-refractivity contribution in [3.8, 4) is 0 Å². The second-order valence-electron chi connectivity index (χ2n) is 10.6. The molecule has 1 spiro atoms. The van der Waals surface area contributed by atoms with E-state index in [9.17, 15) is 13.2 Å². The molecule has 4 rings (SSSR count). The minimum Gasteiger partial charge on any atom is -0.204 e. The first-order chi connectivity index (χ1) is 14.0. The molecule has 0 aliphatic heterocycles. The van der Waals surface area contributed by atoms with Crippen LogP contribution in [0.5, 0.6) is 0 Å². The van der Waals surface area contributed by atoms with E-state index in [2.05, 4.69) is 6.92 Å². The summed E-state index contributed by atoms with van der Waals surface area (Å²) in [7, 11) is 0. The van der Waals surface area contributed by atoms with E-state index >= 15 is 0 Å². The van der Waals surface area contributed by atoms with E-state index in [-0.39, 0.29) is 5.92 Å². The fourth-order valence-corrected chi connectivity index (χ4v) is 6.86. The molecule has 3 saturated carbocycles. The maximum atomic E-state index is 13.5. The van der Waals surface area contributed by atoms with Gasteiger partial charge in [0, 0.05) is 0 Å². The average molecular weight is 407 g/mol. The van der Waals surface area contributed by atoms with Crippen molar-refractivity contribution in [3.63, 3.8) is 0 Å². The number of benzene rings is 1. The van der Waals surface area contributed by atoms with E-state index in [0.29, 0.717) is 11.0 Å². The topological polar surface area (TPSA) is 0 Å². The Morgan fingerprint density at radius 3 is 2.03 bits per heavy atom. The zero-order valence-electron chi connectivity index (χ0n) is 18.0. The van der Waals surface area contributed by atoms with Crippen LogP contribution in [-0.4, -0.2) is 0 Å². The van der Waals surface area contributed by atoms with Gasteiger partial charge in [-0.1, -0.05) is 45.4 Å². The van der Waals surface area contributed by atoms with E-state index < -0.39 is 17.5 Å². The third-order valence-electron chi connectivity index (χ3n) is 8.47. The summed E-state index contributed by atoms with van der Waals surface area (Å²) in [5, 5.41) is 0. The van der Waals surface area contributed by atoms with E-state index in [0.717, 1.165) is 43.4 Å². The number of hydrogen-bond donors (Lipinski definition) is 0. The highest BCUT2D eigenvalue weighted by Crippen LogP contribution is 2.65. The number of hydrogen-bond acceptors (Lipinski definition) is 0. The molecular weight excluding hydrogens is 369 g/mol. The monoisotopic (exact) mass is 406 g/mol. The number of halogens is 3. The van der Waals surface area contributed by atoms with Gasteiger partial charge in [0.2, 0.25) is 0 Å². The van der Waals surface area contributed by atoms with Crippen molar-refractivity contribution in [2.45, 2.75) is 103 Å². The Hall–Kier alpha value is -0.990. The summed E-state index contributed by atoms with van der Waals surface area (Å²) in [5.74, 6) is -0.589. The molecule has 0 saturated heterocycles. The summed E-state index contributed by atoms with van der Waals surface area (Å²) < 4.78 is 40.3. The molecule has 3 aliphatic rings. The lowest BCUT2D eigenvalue weighted by Gasteiger charge is -2.60. The van der Waals surface area contributed by atoms with E-state index in [1.54, 1.807) is 0 Å². The van der Waals surface area contributed by atoms with Gasteiger partial charge in [0.15, 0.2) is 17.5 Å². The van der Waals surface area contributed by atoms with Crippen LogP contribution in [0.25, 0.3) is 0 Å². The minimum absolute atomic E-state index is 0.186. The van der Waals surface area contributed by atoms with Crippen molar-refractivity contribution in [2.75, 3.05) is 0 Å². The molecule has 1 aromatic carbocycles. The highest BCUT2D eigenvalue weighted by Gasteiger charge is 2.53. The van der Waals surface area contributed by atoms with Crippen molar-refractivity contribution in [1.29, 1.82) is 0 Å². The van der Waals surface area contributed by atoms with Crippen molar-refractivity contribution in [3.05, 3.63) is 35.1 Å². The Morgan fingerprint density at radius 1 is 0.793 bits per heavy atom. The fraction of sp³-hybridized carbons (Fsp3) is 0.769. The molecule has 29 heavy (non-hydrogen) atoms. The normalized spacial score (nSPS) is 34.1. The number of unbranched alkanes of at least 4 members (excludes halogenated alkanes) is 4. The molecular formula is C26H37F3. The Morgan fingerprint density at radius 2 is 1.41 bits per heavy atom. The largest absolute Gasteiger partial charge is 0.204 e. The molecule has 0 aromatic heterocycles. The van der Waals surface area contributed by atoms with Crippen LogP contribution in [0.4, 0.5) is 13.2 Å². The van der Waals surface area contributed by atoms with Crippen LogP contribution in [-0.2, 0) is 0 Å². The molecule has 0 bridgehead atoms. The van der Waals surface area contributed by atoms with Gasteiger partial charge in [-0.15, -0.1) is 0 Å². The quantitative estimate of drug-likeness (QED) is 0.300. The molecule has 0 radical (unpaired) electrons. The summed E-state index contributed by atoms with van der Waals surface area (Å²) in [6.45, 7) is 2.28. The summed E-state index contributed by atoms with van der Waals surface area (Å²) in [6, 6.07) is 2.41. The Bertz CT molecular complexity index is 652. The van der Waals surface area contributed by atoms with Crippen molar-refractivity contribution >= 4 is 0 Å². The Kier molecular flexibility index (Phi) is 6.61. The second-order valence-corrected chi connectivity index (χ2v) is 10.6. The highest BCUT2D eigenvalue weighted by atomic mass is 19.2. The van der Waals surface area contributed by atoms with Crippen LogP contribution in [0.3, 0.4) is 0 Å². The van der Waals surface area contributed by atoms with Gasteiger partial charge in [-0.05, 0) is 98.1 Å². The lowest BCUT2D eigenvalue weighted by atomic mass is 9.45. The zero-order chi connectivity index (χ0) is 20.4. The first kappa shape index (κ1) is 21.2. The van der Waals surface area contributed by atoms with Gasteiger partial charge in [-0.2, -0.15) is 0 Å². The molecule has 162 valence electrons. The molecule has 0 N–H and O–H groups in total. The Balaban J connectivity index is 1.16. The van der Waals surface area contributed by atoms with Crippen LogP contribution in [0.15, 0.2) is 12.1 Å². The van der Waals surface area contributed by atoms with Crippen molar-refractivity contribution in [2.24, 2.45) is 23.2 Å². The third kappa shape index (κ3) is 4.69. The van der Waals surface area contributed by atoms with Gasteiger partial charge in [0.1, 0.15) is 0 Å². The van der Waals surface area contributed by atoms with Gasteiger partial charge in [0.25, 0.3) is 0 Å². The van der Waals surface area contributed by atoms with Gasteiger partial charge >= 0.3 is 0 Å². The van der Waals surface area contributed by atoms with Gasteiger partial charge < -0.3 is 0 Å². The van der Waals surface area contributed by atoms with E-state index in [1.165, 1.54) is 76.3 Å². The molecule has 3 heteroatoms. The molecule has 0 unspecified atom stereocenters. The fourth-order valence-electron chi connectivity index (χ4n) is 6.86. The van der Waals surface area contributed by atoms with Gasteiger partial charge in [-0.25, -0.2) is 13.2 Å². The van der Waals surface area contributed by atoms with Crippen molar-refractivity contribution < 1.29 is 13.2 Å². The first-order valence-electron chi connectivity index (χ1n) is 12.1. The van der Waals surface area contributed by atoms with E-state index in [1.807, 2.05) is 0 Å². The number of rotatable bonds is 8. The van der Waals surface area contributed by atoms with Crippen LogP contribution in [0.2, 0.25) is 0 Å². The first-order valence-corrected chi connectivity index (χ1v) is 12.1. The molecule has 0 atom stereocenters. The van der Waals surface area contributed by atoms with Crippen LogP contribution in [0.1, 0.15) is 108 Å². The summed E-state index contributed by atoms with van der Waals surface area (Å²) in [4.78, 5) is 0. The molecule has 0 heterocycles. The standard InChI is InChI=1S/C26H37F3/c1-2-3-4-5-6-7-18-14-26(15-18)16-22(17-26)20-10-8-19(9-11-20)21-12-23(27)25(29)24(28)13-21/h12-13,18-20,22H,2-11,14-17H2,1H3. The summed E-state index contributed by atoms with van der Waals surface area (Å²) in [5.41, 5.74) is 1.34. The average Bonchev–Trinajstić information content (AvgIpc) is 2.65. The smallest absolute Gasteiger partial charge is 0.194 e. The predicted molar refractivity (Wildman–Crippen MR) is 112 cm³/mol. The van der Waals surface area contributed by atoms with Gasteiger partial charge in [0.05, 0.1) is 0 Å². The molecule has 0 amide bonds. The predicted octanol–water partition coefficient (Wildman–Crippen LogP) is 8.54. The van der Waals surface area contributed by atoms with Gasteiger partial charge in [-0.3, -0.25) is 0 Å². The van der Waals surface area contributed by atoms with Crippen LogP contribution in [0, 0.1) is 40.6 Å². The molecule has 0 nitrogen and oxygen atoms in total. The third-order valence-corrected chi connectivity index (χ3v) is 8.47.